The van der Waals surface area contributed by atoms with Crippen LogP contribution in [0.3, 0.4) is 0 Å². The van der Waals surface area contributed by atoms with Gasteiger partial charge < -0.3 is 0 Å². The van der Waals surface area contributed by atoms with Crippen molar-refractivity contribution in [3.05, 3.63) is 145 Å². The molecule has 0 bridgehead atoms. The second-order valence-electron chi connectivity index (χ2n) is 13.7. The van der Waals surface area contributed by atoms with Crippen molar-refractivity contribution < 1.29 is 0 Å². The zero-order chi connectivity index (χ0) is 33.8. The first-order valence-electron chi connectivity index (χ1n) is 17.9. The van der Waals surface area contributed by atoms with Crippen molar-refractivity contribution in [2.24, 2.45) is 0 Å². The molecule has 51 heavy (non-hydrogen) atoms. The lowest BCUT2D eigenvalue weighted by atomic mass is 9.95. The summed E-state index contributed by atoms with van der Waals surface area (Å²) in [5.74, 6) is 0. The Kier molecular flexibility index (Phi) is 6.52. The van der Waals surface area contributed by atoms with Gasteiger partial charge in [-0.3, -0.25) is 0 Å². The van der Waals surface area contributed by atoms with E-state index in [4.69, 9.17) is 0 Å². The largest absolute Gasteiger partial charge is 0.132 e. The molecule has 11 rings (SSSR count). The van der Waals surface area contributed by atoms with Crippen molar-refractivity contribution in [3.8, 4) is 22.3 Å². The fourth-order valence-electron chi connectivity index (χ4n) is 8.33. The van der Waals surface area contributed by atoms with Crippen LogP contribution in [0.15, 0.2) is 133 Å². The minimum atomic E-state index is 1.06. The number of rotatable bonds is 4. The van der Waals surface area contributed by atoms with E-state index in [0.29, 0.717) is 0 Å². The molecule has 0 aliphatic heterocycles. The van der Waals surface area contributed by atoms with Crippen molar-refractivity contribution in [3.63, 3.8) is 0 Å². The normalized spacial score (nSPS) is 12.3. The Morgan fingerprint density at radius 1 is 0.314 bits per heavy atom. The van der Waals surface area contributed by atoms with Crippen molar-refractivity contribution in [2.45, 2.75) is 26.7 Å². The lowest BCUT2D eigenvalue weighted by Crippen LogP contribution is -1.84. The third-order valence-corrected chi connectivity index (χ3v) is 15.1. The zero-order valence-corrected chi connectivity index (χ0v) is 30.8. The zero-order valence-electron chi connectivity index (χ0n) is 28.3. The standard InChI is InChI=1S/C48H32S3/c1-3-27-13-17-29(18-14-27)31-21-23-35-33-9-5-7-11-37(33)41-43(39(35)25-31)49-47-45(41)51-46-42-38-12-8-6-10-34(38)36-24-22-32(26-40(36)44(42)50-48(46)47)30-19-15-28(4-2)16-20-30/h5-26H,3-4H2,1-2H3. The van der Waals surface area contributed by atoms with Gasteiger partial charge in [0, 0.05) is 30.9 Å². The van der Waals surface area contributed by atoms with E-state index < -0.39 is 0 Å². The molecule has 0 radical (unpaired) electrons. The van der Waals surface area contributed by atoms with E-state index in [1.165, 1.54) is 115 Å². The van der Waals surface area contributed by atoms with E-state index in [1.54, 1.807) is 0 Å². The molecule has 0 aliphatic rings. The Morgan fingerprint density at radius 3 is 1.08 bits per heavy atom. The lowest BCUT2D eigenvalue weighted by Gasteiger charge is -2.10. The summed E-state index contributed by atoms with van der Waals surface area (Å²) < 4.78 is 8.55. The van der Waals surface area contributed by atoms with Crippen molar-refractivity contribution in [2.75, 3.05) is 0 Å². The van der Waals surface area contributed by atoms with Crippen LogP contribution in [0.4, 0.5) is 0 Å². The van der Waals surface area contributed by atoms with Crippen LogP contribution in [-0.2, 0) is 12.8 Å². The molecule has 0 saturated heterocycles. The highest BCUT2D eigenvalue weighted by Crippen LogP contribution is 2.55. The molecule has 3 heterocycles. The SMILES string of the molecule is CCc1ccc(-c2ccc3c4ccccc4c4c(sc5c6sc7c8cc(-c9ccc(CC)cc9)ccc8c8ccccc8c7c6sc54)c3c2)cc1. The van der Waals surface area contributed by atoms with E-state index in [9.17, 15) is 0 Å². The van der Waals surface area contributed by atoms with Crippen LogP contribution >= 0.6 is 34.0 Å². The minimum absolute atomic E-state index is 1.06. The van der Waals surface area contributed by atoms with Gasteiger partial charge in [-0.25, -0.2) is 0 Å². The highest BCUT2D eigenvalue weighted by molar-refractivity contribution is 7.44. The van der Waals surface area contributed by atoms with Gasteiger partial charge in [-0.1, -0.05) is 135 Å². The second-order valence-corrected chi connectivity index (χ2v) is 16.8. The molecule has 3 heteroatoms. The molecule has 0 N–H and O–H groups in total. The summed E-state index contributed by atoms with van der Waals surface area (Å²) in [5.41, 5.74) is 7.87. The summed E-state index contributed by atoms with van der Waals surface area (Å²) in [5, 5.41) is 13.6. The summed E-state index contributed by atoms with van der Waals surface area (Å²) in [6.45, 7) is 4.44. The van der Waals surface area contributed by atoms with E-state index in [0.717, 1.165) is 12.8 Å². The maximum atomic E-state index is 2.45. The Bertz CT molecular complexity index is 2970. The highest BCUT2D eigenvalue weighted by Gasteiger charge is 2.23. The predicted molar refractivity (Wildman–Crippen MR) is 230 cm³/mol. The van der Waals surface area contributed by atoms with Gasteiger partial charge in [-0.05, 0) is 90.7 Å². The van der Waals surface area contributed by atoms with E-state index in [1.807, 2.05) is 34.0 Å². The van der Waals surface area contributed by atoms with Crippen molar-refractivity contribution in [1.29, 1.82) is 0 Å². The van der Waals surface area contributed by atoms with Gasteiger partial charge in [0.25, 0.3) is 0 Å². The van der Waals surface area contributed by atoms with Gasteiger partial charge in [0.05, 0.1) is 18.8 Å². The molecule has 8 aromatic carbocycles. The molecule has 0 amide bonds. The van der Waals surface area contributed by atoms with Gasteiger partial charge in [0.1, 0.15) is 0 Å². The number of hydrogen-bond acceptors (Lipinski definition) is 3. The molecule has 0 saturated carbocycles. The van der Waals surface area contributed by atoms with Crippen LogP contribution in [-0.4, -0.2) is 0 Å². The topological polar surface area (TPSA) is 0 Å². The smallest absolute Gasteiger partial charge is 0.0642 e. The first kappa shape index (κ1) is 29.6. The molecule has 0 atom stereocenters. The van der Waals surface area contributed by atoms with E-state index >= 15 is 0 Å². The maximum Gasteiger partial charge on any atom is 0.0642 e. The van der Waals surface area contributed by atoms with Crippen LogP contribution in [0.2, 0.25) is 0 Å². The van der Waals surface area contributed by atoms with Gasteiger partial charge in [-0.2, -0.15) is 0 Å². The summed E-state index contributed by atoms with van der Waals surface area (Å²) in [6.07, 6.45) is 2.12. The number of fused-ring (bicyclic) bond motifs is 17. The predicted octanol–water partition coefficient (Wildman–Crippen LogP) is 15.6. The quantitative estimate of drug-likeness (QED) is 0.160. The molecule has 0 aliphatic carbocycles. The van der Waals surface area contributed by atoms with Crippen LogP contribution < -0.4 is 0 Å². The summed E-state index contributed by atoms with van der Waals surface area (Å²) >= 11 is 6.02. The number of thiophene rings is 3. The van der Waals surface area contributed by atoms with Gasteiger partial charge in [-0.15, -0.1) is 34.0 Å². The average Bonchev–Trinajstić information content (AvgIpc) is 3.87. The summed E-state index contributed by atoms with van der Waals surface area (Å²) in [7, 11) is 0. The van der Waals surface area contributed by atoms with Crippen LogP contribution in [0, 0.1) is 0 Å². The average molecular weight is 705 g/mol. The molecule has 0 fully saturated rings. The second kappa shape index (κ2) is 11.2. The van der Waals surface area contributed by atoms with Crippen molar-refractivity contribution in [1.82, 2.24) is 0 Å². The lowest BCUT2D eigenvalue weighted by molar-refractivity contribution is 1.14. The molecule has 3 aromatic heterocycles. The Hall–Kier alpha value is -5.06. The first-order valence-corrected chi connectivity index (χ1v) is 20.3. The molecular formula is C48H32S3. The number of hydrogen-bond donors (Lipinski definition) is 0. The molecular weight excluding hydrogens is 673 g/mol. The Balaban J connectivity index is 1.22. The number of benzene rings is 8. The minimum Gasteiger partial charge on any atom is -0.132 e. The summed E-state index contributed by atoms with van der Waals surface area (Å²) in [4.78, 5) is 0. The van der Waals surface area contributed by atoms with Crippen LogP contribution in [0.1, 0.15) is 25.0 Å². The third-order valence-electron chi connectivity index (χ3n) is 11.0. The maximum absolute atomic E-state index is 2.45. The van der Waals surface area contributed by atoms with Crippen molar-refractivity contribution >= 4 is 116 Å². The highest BCUT2D eigenvalue weighted by atomic mass is 32.1. The molecule has 0 unspecified atom stereocenters. The molecule has 0 nitrogen and oxygen atoms in total. The molecule has 11 aromatic rings. The monoisotopic (exact) mass is 704 g/mol. The van der Waals surface area contributed by atoms with Crippen LogP contribution in [0.5, 0.6) is 0 Å². The van der Waals surface area contributed by atoms with E-state index in [-0.39, 0.29) is 0 Å². The van der Waals surface area contributed by atoms with Crippen LogP contribution in [0.25, 0.3) is 104 Å². The third kappa shape index (κ3) is 4.29. The molecule has 0 spiro atoms. The number of aryl methyl sites for hydroxylation is 2. The molecule has 242 valence electrons. The Morgan fingerprint density at radius 2 is 0.667 bits per heavy atom. The van der Waals surface area contributed by atoms with Gasteiger partial charge in [0.15, 0.2) is 0 Å². The Labute approximate surface area is 307 Å². The van der Waals surface area contributed by atoms with Gasteiger partial charge in [0.2, 0.25) is 0 Å². The van der Waals surface area contributed by atoms with Gasteiger partial charge >= 0.3 is 0 Å². The fraction of sp³-hybridized carbons (Fsp3) is 0.0833. The van der Waals surface area contributed by atoms with E-state index in [2.05, 4.69) is 147 Å². The first-order chi connectivity index (χ1) is 25.2. The fourth-order valence-corrected chi connectivity index (χ4v) is 12.9. The summed E-state index contributed by atoms with van der Waals surface area (Å²) in [6, 6.07) is 50.6.